The molecule has 0 aliphatic carbocycles. The Morgan fingerprint density at radius 3 is 1.77 bits per heavy atom. The average Bonchev–Trinajstić information content (AvgIpc) is 2.16. The third kappa shape index (κ3) is 8.22. The second-order valence-corrected chi connectivity index (χ2v) is 3.11. The summed E-state index contributed by atoms with van der Waals surface area (Å²) in [5.41, 5.74) is 5.49. The van der Waals surface area contributed by atoms with Gasteiger partial charge >= 0.3 is 0 Å². The number of nitrogens with two attached hydrogens (primary N) is 1. The monoisotopic (exact) mass is 189 g/mol. The van der Waals surface area contributed by atoms with Gasteiger partial charge in [0.2, 0.25) is 0 Å². The van der Waals surface area contributed by atoms with Crippen LogP contribution in [0.2, 0.25) is 0 Å². The fraction of sp³-hybridized carbons (Fsp3) is 1.00. The first-order chi connectivity index (χ1) is 6.35. The van der Waals surface area contributed by atoms with E-state index in [2.05, 4.69) is 13.8 Å². The zero-order valence-corrected chi connectivity index (χ0v) is 8.92. The molecule has 0 aromatic heterocycles. The Morgan fingerprint density at radius 2 is 1.46 bits per heavy atom. The van der Waals surface area contributed by atoms with Crippen molar-refractivity contribution in [1.29, 1.82) is 0 Å². The summed E-state index contributed by atoms with van der Waals surface area (Å²) in [5.74, 6) is 0. The molecule has 0 aromatic carbocycles. The lowest BCUT2D eigenvalue weighted by molar-refractivity contribution is -0.136. The maximum absolute atomic E-state index is 5.49. The van der Waals surface area contributed by atoms with Gasteiger partial charge in [0.15, 0.2) is 6.29 Å². The van der Waals surface area contributed by atoms with Gasteiger partial charge in [-0.25, -0.2) is 0 Å². The van der Waals surface area contributed by atoms with Crippen LogP contribution in [0.15, 0.2) is 0 Å². The molecule has 0 unspecified atom stereocenters. The van der Waals surface area contributed by atoms with Crippen LogP contribution in [-0.2, 0) is 9.47 Å². The van der Waals surface area contributed by atoms with E-state index in [4.69, 9.17) is 15.2 Å². The third-order valence-corrected chi connectivity index (χ3v) is 1.80. The highest BCUT2D eigenvalue weighted by Gasteiger charge is 2.05. The number of unbranched alkanes of at least 4 members (excludes halogenated alkanes) is 2. The molecule has 0 atom stereocenters. The van der Waals surface area contributed by atoms with Gasteiger partial charge in [-0.15, -0.1) is 0 Å². The molecular weight excluding hydrogens is 166 g/mol. The minimum atomic E-state index is -0.196. The molecular formula is C10H23NO2. The first-order valence-corrected chi connectivity index (χ1v) is 5.28. The van der Waals surface area contributed by atoms with Crippen molar-refractivity contribution in [3.05, 3.63) is 0 Å². The van der Waals surface area contributed by atoms with Gasteiger partial charge in [0.05, 0.1) is 0 Å². The van der Waals surface area contributed by atoms with E-state index in [0.717, 1.165) is 38.9 Å². The maximum Gasteiger partial charge on any atom is 0.169 e. The molecule has 0 rings (SSSR count). The van der Waals surface area contributed by atoms with E-state index in [-0.39, 0.29) is 6.29 Å². The Kier molecular flexibility index (Phi) is 9.87. The molecule has 0 fully saturated rings. The van der Waals surface area contributed by atoms with Crippen molar-refractivity contribution in [3.8, 4) is 0 Å². The van der Waals surface area contributed by atoms with E-state index in [1.807, 2.05) is 0 Å². The highest BCUT2D eigenvalue weighted by Crippen LogP contribution is 1.98. The summed E-state index contributed by atoms with van der Waals surface area (Å²) < 4.78 is 10.9. The maximum atomic E-state index is 5.49. The quantitative estimate of drug-likeness (QED) is 0.445. The Bertz CT molecular complexity index is 88.9. The van der Waals surface area contributed by atoms with Crippen LogP contribution in [0.5, 0.6) is 0 Å². The highest BCUT2D eigenvalue weighted by molar-refractivity contribution is 4.45. The van der Waals surface area contributed by atoms with Gasteiger partial charge in [0.25, 0.3) is 0 Å². The summed E-state index contributed by atoms with van der Waals surface area (Å²) in [6.45, 7) is 6.24. The molecule has 3 heteroatoms. The zero-order valence-electron chi connectivity index (χ0n) is 8.92. The fourth-order valence-corrected chi connectivity index (χ4v) is 0.902. The van der Waals surface area contributed by atoms with Gasteiger partial charge in [-0.05, 0) is 12.8 Å². The van der Waals surface area contributed by atoms with Crippen LogP contribution >= 0.6 is 0 Å². The van der Waals surface area contributed by atoms with Crippen LogP contribution in [0.3, 0.4) is 0 Å². The van der Waals surface area contributed by atoms with Crippen LogP contribution in [-0.4, -0.2) is 26.0 Å². The van der Waals surface area contributed by atoms with E-state index in [0.29, 0.717) is 6.54 Å². The molecule has 0 aliphatic heterocycles. The number of hydrogen-bond acceptors (Lipinski definition) is 3. The van der Waals surface area contributed by atoms with Gasteiger partial charge in [0.1, 0.15) is 0 Å². The third-order valence-electron chi connectivity index (χ3n) is 1.80. The predicted octanol–water partition coefficient (Wildman–Crippen LogP) is 1.90. The Labute approximate surface area is 81.6 Å². The lowest BCUT2D eigenvalue weighted by Gasteiger charge is -2.16. The van der Waals surface area contributed by atoms with E-state index >= 15 is 0 Å². The van der Waals surface area contributed by atoms with Crippen molar-refractivity contribution in [2.75, 3.05) is 19.8 Å². The van der Waals surface area contributed by atoms with Crippen molar-refractivity contribution in [2.24, 2.45) is 5.73 Å². The first kappa shape index (κ1) is 12.9. The average molecular weight is 189 g/mol. The fourth-order valence-electron chi connectivity index (χ4n) is 0.902. The summed E-state index contributed by atoms with van der Waals surface area (Å²) in [7, 11) is 0. The molecule has 0 saturated carbocycles. The molecule has 0 radical (unpaired) electrons. The summed E-state index contributed by atoms with van der Waals surface area (Å²) in [4.78, 5) is 0. The van der Waals surface area contributed by atoms with Crippen LogP contribution < -0.4 is 5.73 Å². The summed E-state index contributed by atoms with van der Waals surface area (Å²) in [6.07, 6.45) is 4.25. The predicted molar refractivity (Wildman–Crippen MR) is 54.6 cm³/mol. The second-order valence-electron chi connectivity index (χ2n) is 3.11. The van der Waals surface area contributed by atoms with Gasteiger partial charge < -0.3 is 15.2 Å². The lowest BCUT2D eigenvalue weighted by atomic mass is 10.3. The van der Waals surface area contributed by atoms with Crippen molar-refractivity contribution in [3.63, 3.8) is 0 Å². The van der Waals surface area contributed by atoms with Crippen molar-refractivity contribution in [1.82, 2.24) is 0 Å². The minimum absolute atomic E-state index is 0.196. The Morgan fingerprint density at radius 1 is 1.00 bits per heavy atom. The van der Waals surface area contributed by atoms with Crippen LogP contribution in [0, 0.1) is 0 Å². The molecule has 80 valence electrons. The van der Waals surface area contributed by atoms with E-state index in [1.54, 1.807) is 0 Å². The zero-order chi connectivity index (χ0) is 9.94. The van der Waals surface area contributed by atoms with E-state index < -0.39 is 0 Å². The van der Waals surface area contributed by atoms with Crippen LogP contribution in [0.25, 0.3) is 0 Å². The minimum Gasteiger partial charge on any atom is -0.351 e. The standard InChI is InChI=1S/C10H23NO2/c1-3-5-7-12-10(9-11)13-8-6-4-2/h10H,3-9,11H2,1-2H3. The molecule has 0 spiro atoms. The Balaban J connectivity index is 3.28. The molecule has 13 heavy (non-hydrogen) atoms. The largest absolute Gasteiger partial charge is 0.351 e. The summed E-state index contributed by atoms with van der Waals surface area (Å²) >= 11 is 0. The second kappa shape index (κ2) is 9.96. The van der Waals surface area contributed by atoms with Gasteiger partial charge in [-0.1, -0.05) is 26.7 Å². The van der Waals surface area contributed by atoms with E-state index in [1.165, 1.54) is 0 Å². The van der Waals surface area contributed by atoms with Crippen LogP contribution in [0.4, 0.5) is 0 Å². The molecule has 0 saturated heterocycles. The van der Waals surface area contributed by atoms with Crippen molar-refractivity contribution < 1.29 is 9.47 Å². The molecule has 0 aromatic rings. The molecule has 0 aliphatic rings. The number of rotatable bonds is 9. The van der Waals surface area contributed by atoms with Gasteiger partial charge in [-0.3, -0.25) is 0 Å². The summed E-state index contributed by atoms with van der Waals surface area (Å²) in [5, 5.41) is 0. The first-order valence-electron chi connectivity index (χ1n) is 5.28. The summed E-state index contributed by atoms with van der Waals surface area (Å²) in [6, 6.07) is 0. The molecule has 2 N–H and O–H groups in total. The van der Waals surface area contributed by atoms with Crippen LogP contribution in [0.1, 0.15) is 39.5 Å². The molecule has 0 amide bonds. The topological polar surface area (TPSA) is 44.5 Å². The lowest BCUT2D eigenvalue weighted by Crippen LogP contribution is -2.27. The van der Waals surface area contributed by atoms with Gasteiger partial charge in [-0.2, -0.15) is 0 Å². The number of hydrogen-bond donors (Lipinski definition) is 1. The smallest absolute Gasteiger partial charge is 0.169 e. The molecule has 0 heterocycles. The Hall–Kier alpha value is -0.120. The number of ether oxygens (including phenoxy) is 2. The molecule has 3 nitrogen and oxygen atoms in total. The van der Waals surface area contributed by atoms with E-state index in [9.17, 15) is 0 Å². The van der Waals surface area contributed by atoms with Gasteiger partial charge in [0, 0.05) is 19.8 Å². The van der Waals surface area contributed by atoms with Crippen molar-refractivity contribution >= 4 is 0 Å². The van der Waals surface area contributed by atoms with Crippen molar-refractivity contribution in [2.45, 2.75) is 45.8 Å². The highest BCUT2D eigenvalue weighted by atomic mass is 16.7. The molecule has 0 bridgehead atoms. The SMILES string of the molecule is CCCCOC(CN)OCCCC. The normalized spacial score (nSPS) is 11.1.